The Balaban J connectivity index is 0.00000121. The van der Waals surface area contributed by atoms with E-state index in [2.05, 4.69) is 0 Å². The topological polar surface area (TPSA) is 78.4 Å². The summed E-state index contributed by atoms with van der Waals surface area (Å²) >= 11 is 5.45. The van der Waals surface area contributed by atoms with Gasteiger partial charge in [-0.25, -0.2) is 0 Å². The highest BCUT2D eigenvalue weighted by Crippen LogP contribution is 2.32. The van der Waals surface area contributed by atoms with Crippen LogP contribution in [0.1, 0.15) is 19.4 Å². The average Bonchev–Trinajstić information content (AvgIpc) is 2.32. The van der Waals surface area contributed by atoms with Crippen molar-refractivity contribution in [1.82, 2.24) is 0 Å². The summed E-state index contributed by atoms with van der Waals surface area (Å²) < 4.78 is 5.20. The first-order chi connectivity index (χ1) is 8.06. The van der Waals surface area contributed by atoms with Gasteiger partial charge in [-0.3, -0.25) is 10.1 Å². The molecule has 6 heteroatoms. The van der Waals surface area contributed by atoms with Crippen LogP contribution in [0.15, 0.2) is 12.1 Å². The number of anilines is 1. The van der Waals surface area contributed by atoms with Gasteiger partial charge in [0.2, 0.25) is 0 Å². The average molecular weight is 261 g/mol. The number of halogens is 1. The van der Waals surface area contributed by atoms with E-state index in [0.29, 0.717) is 11.6 Å². The van der Waals surface area contributed by atoms with Crippen molar-refractivity contribution in [2.45, 2.75) is 20.8 Å². The normalized spacial score (nSPS) is 9.18. The summed E-state index contributed by atoms with van der Waals surface area (Å²) in [6, 6.07) is 3.05. The van der Waals surface area contributed by atoms with Gasteiger partial charge in [-0.1, -0.05) is 13.8 Å². The molecule has 1 aromatic rings. The monoisotopic (exact) mass is 260 g/mol. The number of nitrogens with zero attached hydrogens (tertiary/aromatic N) is 1. The van der Waals surface area contributed by atoms with Crippen LogP contribution in [-0.4, -0.2) is 17.4 Å². The highest BCUT2D eigenvalue weighted by molar-refractivity contribution is 6.18. The standard InChI is InChI=1S/C9H11ClN2O3.C2H6/c1-6-4-7(12(13)14)9(11)8(5-6)15-3-2-10;1-2/h4-5H,2-3,11H2,1H3;1-2H3. The van der Waals surface area contributed by atoms with Gasteiger partial charge >= 0.3 is 0 Å². The first-order valence-corrected chi connectivity index (χ1v) is 5.83. The summed E-state index contributed by atoms with van der Waals surface area (Å²) in [5.74, 6) is 0.614. The van der Waals surface area contributed by atoms with Gasteiger partial charge in [-0.2, -0.15) is 0 Å². The Labute approximate surface area is 106 Å². The second-order valence-electron chi connectivity index (χ2n) is 2.99. The molecule has 0 atom stereocenters. The van der Waals surface area contributed by atoms with Gasteiger partial charge in [-0.15, -0.1) is 11.6 Å². The molecule has 2 N–H and O–H groups in total. The minimum Gasteiger partial charge on any atom is -0.490 e. The zero-order valence-corrected chi connectivity index (χ0v) is 11.0. The highest BCUT2D eigenvalue weighted by Gasteiger charge is 2.16. The van der Waals surface area contributed by atoms with Crippen molar-refractivity contribution in [3.8, 4) is 5.75 Å². The Morgan fingerprint density at radius 1 is 1.47 bits per heavy atom. The molecule has 0 bridgehead atoms. The maximum atomic E-state index is 10.6. The molecule has 0 spiro atoms. The first-order valence-electron chi connectivity index (χ1n) is 5.29. The number of alkyl halides is 1. The molecule has 5 nitrogen and oxygen atoms in total. The van der Waals surface area contributed by atoms with Crippen LogP contribution in [0.3, 0.4) is 0 Å². The van der Waals surface area contributed by atoms with Crippen molar-refractivity contribution in [3.05, 3.63) is 27.8 Å². The van der Waals surface area contributed by atoms with Crippen molar-refractivity contribution in [1.29, 1.82) is 0 Å². The summed E-state index contributed by atoms with van der Waals surface area (Å²) in [5.41, 5.74) is 6.21. The molecular formula is C11H17ClN2O3. The Morgan fingerprint density at radius 2 is 2.06 bits per heavy atom. The number of nitrogen functional groups attached to an aromatic ring is 1. The minimum absolute atomic E-state index is 0.0377. The maximum absolute atomic E-state index is 10.6. The molecule has 0 aliphatic rings. The van der Waals surface area contributed by atoms with E-state index in [1.807, 2.05) is 13.8 Å². The van der Waals surface area contributed by atoms with E-state index in [4.69, 9.17) is 22.1 Å². The summed E-state index contributed by atoms with van der Waals surface area (Å²) in [6.07, 6.45) is 0. The fourth-order valence-electron chi connectivity index (χ4n) is 1.16. The van der Waals surface area contributed by atoms with Crippen molar-refractivity contribution >= 4 is 23.0 Å². The van der Waals surface area contributed by atoms with E-state index >= 15 is 0 Å². The Morgan fingerprint density at radius 3 is 2.53 bits per heavy atom. The molecule has 1 aromatic carbocycles. The number of ether oxygens (including phenoxy) is 1. The lowest BCUT2D eigenvalue weighted by Crippen LogP contribution is -2.04. The smallest absolute Gasteiger partial charge is 0.296 e. The molecule has 0 unspecified atom stereocenters. The molecule has 0 radical (unpaired) electrons. The number of nitrogens with two attached hydrogens (primary N) is 1. The van der Waals surface area contributed by atoms with Gasteiger partial charge in [0.05, 0.1) is 10.8 Å². The van der Waals surface area contributed by atoms with Gasteiger partial charge in [0.25, 0.3) is 5.69 Å². The van der Waals surface area contributed by atoms with Crippen LogP contribution < -0.4 is 10.5 Å². The molecule has 0 aromatic heterocycles. The van der Waals surface area contributed by atoms with E-state index in [9.17, 15) is 10.1 Å². The number of nitro groups is 1. The number of hydrogen-bond donors (Lipinski definition) is 1. The SMILES string of the molecule is CC.Cc1cc(OCCCl)c(N)c([N+](=O)[O-])c1. The lowest BCUT2D eigenvalue weighted by Gasteiger charge is -2.08. The van der Waals surface area contributed by atoms with Gasteiger partial charge in [0, 0.05) is 6.07 Å². The van der Waals surface area contributed by atoms with Crippen molar-refractivity contribution in [2.75, 3.05) is 18.2 Å². The fraction of sp³-hybridized carbons (Fsp3) is 0.455. The number of nitro benzene ring substituents is 1. The quantitative estimate of drug-likeness (QED) is 0.390. The van der Waals surface area contributed by atoms with Crippen LogP contribution in [0.4, 0.5) is 11.4 Å². The second kappa shape index (κ2) is 7.73. The maximum Gasteiger partial charge on any atom is 0.296 e. The third-order valence-electron chi connectivity index (χ3n) is 1.80. The van der Waals surface area contributed by atoms with Crippen LogP contribution >= 0.6 is 11.6 Å². The number of rotatable bonds is 4. The van der Waals surface area contributed by atoms with Crippen LogP contribution in [0, 0.1) is 17.0 Å². The van der Waals surface area contributed by atoms with E-state index in [1.54, 1.807) is 13.0 Å². The fourth-order valence-corrected chi connectivity index (χ4v) is 1.24. The number of hydrogen-bond acceptors (Lipinski definition) is 4. The van der Waals surface area contributed by atoms with E-state index in [0.717, 1.165) is 5.56 Å². The van der Waals surface area contributed by atoms with E-state index in [-0.39, 0.29) is 18.0 Å². The summed E-state index contributed by atoms with van der Waals surface area (Å²) in [5, 5.41) is 10.6. The van der Waals surface area contributed by atoms with Crippen molar-refractivity contribution in [2.24, 2.45) is 0 Å². The second-order valence-corrected chi connectivity index (χ2v) is 3.37. The minimum atomic E-state index is -0.532. The highest BCUT2D eigenvalue weighted by atomic mass is 35.5. The Hall–Kier alpha value is -1.49. The predicted molar refractivity (Wildman–Crippen MR) is 69.8 cm³/mol. The zero-order valence-electron chi connectivity index (χ0n) is 10.2. The van der Waals surface area contributed by atoms with Gasteiger partial charge in [0.15, 0.2) is 5.69 Å². The van der Waals surface area contributed by atoms with Gasteiger partial charge in [0.1, 0.15) is 12.4 Å². The molecule has 0 saturated heterocycles. The summed E-state index contributed by atoms with van der Waals surface area (Å²) in [4.78, 5) is 10.1. The molecule has 0 saturated carbocycles. The van der Waals surface area contributed by atoms with Crippen molar-refractivity contribution in [3.63, 3.8) is 0 Å². The number of aryl methyl sites for hydroxylation is 1. The Bertz CT molecular complexity index is 383. The van der Waals surface area contributed by atoms with Crippen LogP contribution in [0.5, 0.6) is 5.75 Å². The van der Waals surface area contributed by atoms with Crippen LogP contribution in [0.25, 0.3) is 0 Å². The molecular weight excluding hydrogens is 244 g/mol. The van der Waals surface area contributed by atoms with Crippen LogP contribution in [-0.2, 0) is 0 Å². The molecule has 0 aliphatic carbocycles. The molecule has 0 fully saturated rings. The summed E-state index contributed by atoms with van der Waals surface area (Å²) in [7, 11) is 0. The largest absolute Gasteiger partial charge is 0.490 e. The molecule has 0 heterocycles. The predicted octanol–water partition coefficient (Wildman–Crippen LogP) is 3.13. The molecule has 0 aliphatic heterocycles. The summed E-state index contributed by atoms with van der Waals surface area (Å²) in [6.45, 7) is 6.01. The lowest BCUT2D eigenvalue weighted by atomic mass is 10.2. The molecule has 1 rings (SSSR count). The zero-order chi connectivity index (χ0) is 13.4. The lowest BCUT2D eigenvalue weighted by molar-refractivity contribution is -0.384. The van der Waals surface area contributed by atoms with E-state index < -0.39 is 4.92 Å². The molecule has 17 heavy (non-hydrogen) atoms. The van der Waals surface area contributed by atoms with Gasteiger partial charge < -0.3 is 10.5 Å². The number of benzene rings is 1. The third-order valence-corrected chi connectivity index (χ3v) is 1.95. The van der Waals surface area contributed by atoms with E-state index in [1.165, 1.54) is 6.07 Å². The first kappa shape index (κ1) is 15.5. The molecule has 96 valence electrons. The van der Waals surface area contributed by atoms with Crippen LogP contribution in [0.2, 0.25) is 0 Å². The third kappa shape index (κ3) is 4.48. The van der Waals surface area contributed by atoms with Gasteiger partial charge in [-0.05, 0) is 18.6 Å². The molecule has 0 amide bonds. The Kier molecular flexibility index (Phi) is 7.05. The van der Waals surface area contributed by atoms with Crippen molar-refractivity contribution < 1.29 is 9.66 Å².